The van der Waals surface area contributed by atoms with Crippen molar-refractivity contribution in [1.82, 2.24) is 14.8 Å². The molecule has 0 atom stereocenters. The van der Waals surface area contributed by atoms with Gasteiger partial charge in [0.25, 0.3) is 5.91 Å². The van der Waals surface area contributed by atoms with E-state index < -0.39 is 0 Å². The van der Waals surface area contributed by atoms with Crippen LogP contribution in [-0.4, -0.2) is 64.5 Å². The maximum absolute atomic E-state index is 13.3. The number of unbranched alkanes of at least 4 members (excludes halogenated alkanes) is 1. The predicted molar refractivity (Wildman–Crippen MR) is 124 cm³/mol. The minimum atomic E-state index is -0.386. The van der Waals surface area contributed by atoms with Crippen molar-refractivity contribution < 1.29 is 23.5 Å². The number of hydrogen-bond acceptors (Lipinski definition) is 5. The van der Waals surface area contributed by atoms with Gasteiger partial charge in [0.2, 0.25) is 11.8 Å². The minimum absolute atomic E-state index is 0.0723. The Balaban J connectivity index is 0.00000149. The van der Waals surface area contributed by atoms with E-state index in [2.05, 4.69) is 4.98 Å². The fraction of sp³-hybridized carbons (Fsp3) is 0.400. The molecule has 1 aromatic heterocycles. The number of fused-ring (bicyclic) bond motifs is 1. The van der Waals surface area contributed by atoms with Gasteiger partial charge in [0.15, 0.2) is 5.58 Å². The quantitative estimate of drug-likeness (QED) is 0.566. The molecule has 7 nitrogen and oxygen atoms in total. The summed E-state index contributed by atoms with van der Waals surface area (Å²) in [6.45, 7) is 6.10. The van der Waals surface area contributed by atoms with Crippen LogP contribution in [0, 0.1) is 5.82 Å². The number of halogens is 1. The lowest BCUT2D eigenvalue weighted by molar-refractivity contribution is -0.132. The van der Waals surface area contributed by atoms with E-state index in [0.29, 0.717) is 73.6 Å². The molecule has 4 rings (SSSR count). The molecule has 1 fully saturated rings. The van der Waals surface area contributed by atoms with E-state index >= 15 is 0 Å². The van der Waals surface area contributed by atoms with E-state index in [1.54, 1.807) is 40.1 Å². The van der Waals surface area contributed by atoms with Crippen molar-refractivity contribution in [3.8, 4) is 11.5 Å². The summed E-state index contributed by atoms with van der Waals surface area (Å²) in [6.07, 6.45) is 1.73. The molecule has 176 valence electrons. The van der Waals surface area contributed by atoms with Gasteiger partial charge in [0, 0.05) is 56.4 Å². The summed E-state index contributed by atoms with van der Waals surface area (Å²) in [7, 11) is 0. The van der Waals surface area contributed by atoms with Crippen LogP contribution in [0.5, 0.6) is 0 Å². The van der Waals surface area contributed by atoms with Gasteiger partial charge in [0.05, 0.1) is 0 Å². The highest BCUT2D eigenvalue weighted by molar-refractivity contribution is 5.95. The molecular weight excluding hydrogens is 425 g/mol. The van der Waals surface area contributed by atoms with Gasteiger partial charge in [-0.05, 0) is 49.2 Å². The van der Waals surface area contributed by atoms with Gasteiger partial charge < -0.3 is 19.3 Å². The summed E-state index contributed by atoms with van der Waals surface area (Å²) in [5.74, 6) is -0.0299. The SMILES string of the molecule is CC.O=C(CCCCO)N1CCN(C(=O)c2ccc(-c3nc4ccc(F)cc4o3)cc2)CC1. The average Bonchev–Trinajstić information content (AvgIpc) is 3.28. The molecule has 0 bridgehead atoms. The van der Waals surface area contributed by atoms with Crippen molar-refractivity contribution in [3.63, 3.8) is 0 Å². The smallest absolute Gasteiger partial charge is 0.253 e. The van der Waals surface area contributed by atoms with Crippen LogP contribution in [0.15, 0.2) is 46.9 Å². The van der Waals surface area contributed by atoms with Crippen molar-refractivity contribution in [2.45, 2.75) is 33.1 Å². The van der Waals surface area contributed by atoms with Crippen LogP contribution >= 0.6 is 0 Å². The number of carbonyl (C=O) groups is 2. The molecule has 1 N–H and O–H groups in total. The second kappa shape index (κ2) is 11.6. The van der Waals surface area contributed by atoms with Crippen LogP contribution in [0.2, 0.25) is 0 Å². The van der Waals surface area contributed by atoms with Crippen molar-refractivity contribution in [2.75, 3.05) is 32.8 Å². The topological polar surface area (TPSA) is 86.9 Å². The van der Waals surface area contributed by atoms with Crippen molar-refractivity contribution >= 4 is 22.9 Å². The summed E-state index contributed by atoms with van der Waals surface area (Å²) in [5, 5.41) is 8.83. The Kier molecular flexibility index (Phi) is 8.54. The molecule has 1 aliphatic rings. The highest BCUT2D eigenvalue weighted by atomic mass is 19.1. The second-order valence-corrected chi connectivity index (χ2v) is 7.56. The number of piperazine rings is 1. The number of aromatic nitrogens is 1. The van der Waals surface area contributed by atoms with Crippen LogP contribution in [0.3, 0.4) is 0 Å². The fourth-order valence-electron chi connectivity index (χ4n) is 3.66. The largest absolute Gasteiger partial charge is 0.436 e. The monoisotopic (exact) mass is 455 g/mol. The first kappa shape index (κ1) is 24.4. The van der Waals surface area contributed by atoms with Crippen molar-refractivity contribution in [2.24, 2.45) is 0 Å². The Hall–Kier alpha value is -3.26. The second-order valence-electron chi connectivity index (χ2n) is 7.56. The lowest BCUT2D eigenvalue weighted by atomic mass is 10.1. The van der Waals surface area contributed by atoms with Crippen molar-refractivity contribution in [1.29, 1.82) is 0 Å². The average molecular weight is 456 g/mol. The number of amides is 2. The van der Waals surface area contributed by atoms with Crippen molar-refractivity contribution in [3.05, 3.63) is 53.8 Å². The predicted octanol–water partition coefficient (Wildman–Crippen LogP) is 4.11. The number of aliphatic hydroxyl groups is 1. The van der Waals surface area contributed by atoms with Gasteiger partial charge in [-0.1, -0.05) is 13.8 Å². The first-order valence-electron chi connectivity index (χ1n) is 11.4. The molecular formula is C25H30FN3O4. The summed E-state index contributed by atoms with van der Waals surface area (Å²) in [5.41, 5.74) is 2.19. The first-order valence-corrected chi connectivity index (χ1v) is 11.4. The maximum atomic E-state index is 13.3. The van der Waals surface area contributed by atoms with Gasteiger partial charge in [-0.3, -0.25) is 9.59 Å². The molecule has 1 aliphatic heterocycles. The van der Waals surface area contributed by atoms with E-state index in [-0.39, 0.29) is 24.2 Å². The Morgan fingerprint density at radius 2 is 1.67 bits per heavy atom. The zero-order valence-corrected chi connectivity index (χ0v) is 19.1. The number of benzene rings is 2. The highest BCUT2D eigenvalue weighted by Gasteiger charge is 2.24. The summed E-state index contributed by atoms with van der Waals surface area (Å²) in [4.78, 5) is 32.9. The van der Waals surface area contributed by atoms with Crippen LogP contribution in [0.25, 0.3) is 22.6 Å². The number of nitrogens with zero attached hydrogens (tertiary/aromatic N) is 3. The molecule has 2 amide bonds. The van der Waals surface area contributed by atoms with Crippen LogP contribution in [-0.2, 0) is 4.79 Å². The lowest BCUT2D eigenvalue weighted by Crippen LogP contribution is -2.50. The van der Waals surface area contributed by atoms with E-state index in [4.69, 9.17) is 9.52 Å². The third-order valence-corrected chi connectivity index (χ3v) is 5.45. The molecule has 0 aliphatic carbocycles. The molecule has 2 heterocycles. The van der Waals surface area contributed by atoms with Crippen LogP contribution < -0.4 is 0 Å². The minimum Gasteiger partial charge on any atom is -0.436 e. The molecule has 3 aromatic rings. The zero-order valence-electron chi connectivity index (χ0n) is 19.1. The van der Waals surface area contributed by atoms with E-state index in [1.165, 1.54) is 12.1 Å². The zero-order chi connectivity index (χ0) is 23.8. The maximum Gasteiger partial charge on any atom is 0.253 e. The van der Waals surface area contributed by atoms with Gasteiger partial charge >= 0.3 is 0 Å². The fourth-order valence-corrected chi connectivity index (χ4v) is 3.66. The van der Waals surface area contributed by atoms with Gasteiger partial charge in [-0.2, -0.15) is 0 Å². The first-order chi connectivity index (χ1) is 16.0. The van der Waals surface area contributed by atoms with E-state index in [9.17, 15) is 14.0 Å². The van der Waals surface area contributed by atoms with Crippen LogP contribution in [0.1, 0.15) is 43.5 Å². The van der Waals surface area contributed by atoms with Crippen LogP contribution in [0.4, 0.5) is 4.39 Å². The van der Waals surface area contributed by atoms with Gasteiger partial charge in [-0.25, -0.2) is 9.37 Å². The molecule has 0 unspecified atom stereocenters. The standard InChI is InChI=1S/C23H24FN3O4.C2H6/c24-18-8-9-19-20(15-18)31-22(25-19)16-4-6-17(7-5-16)23(30)27-12-10-26(11-13-27)21(29)3-1-2-14-28;1-2/h4-9,15,28H,1-3,10-14H2;1-2H3. The molecule has 0 radical (unpaired) electrons. The molecule has 33 heavy (non-hydrogen) atoms. The Bertz CT molecular complexity index is 1070. The lowest BCUT2D eigenvalue weighted by Gasteiger charge is -2.35. The van der Waals surface area contributed by atoms with Gasteiger partial charge in [-0.15, -0.1) is 0 Å². The molecule has 0 saturated carbocycles. The summed E-state index contributed by atoms with van der Waals surface area (Å²) in [6, 6.07) is 11.1. The van der Waals surface area contributed by atoms with E-state index in [1.807, 2.05) is 13.8 Å². The molecule has 8 heteroatoms. The Labute approximate surface area is 192 Å². The number of rotatable bonds is 6. The Morgan fingerprint density at radius 1 is 1.00 bits per heavy atom. The number of carbonyl (C=O) groups excluding carboxylic acids is 2. The number of hydrogen-bond donors (Lipinski definition) is 1. The molecule has 1 saturated heterocycles. The third-order valence-electron chi connectivity index (χ3n) is 5.45. The molecule has 0 spiro atoms. The summed E-state index contributed by atoms with van der Waals surface area (Å²) < 4.78 is 19.0. The number of oxazole rings is 1. The molecule has 2 aromatic carbocycles. The Morgan fingerprint density at radius 3 is 2.33 bits per heavy atom. The third kappa shape index (κ3) is 5.96. The van der Waals surface area contributed by atoms with E-state index in [0.717, 1.165) is 0 Å². The summed E-state index contributed by atoms with van der Waals surface area (Å²) >= 11 is 0. The highest BCUT2D eigenvalue weighted by Crippen LogP contribution is 2.25. The normalized spacial score (nSPS) is 13.6. The van der Waals surface area contributed by atoms with Gasteiger partial charge in [0.1, 0.15) is 11.3 Å². The number of aliphatic hydroxyl groups excluding tert-OH is 1.